The van der Waals surface area contributed by atoms with Crippen LogP contribution in [-0.4, -0.2) is 33.2 Å². The molecule has 33 heavy (non-hydrogen) atoms. The average Bonchev–Trinajstić information content (AvgIpc) is 2.75. The maximum Gasteiger partial charge on any atom is 0.303 e. The molecular weight excluding hydrogens is 420 g/mol. The number of hydrogen-bond donors (Lipinski definition) is 3. The molecule has 0 aromatic heterocycles. The van der Waals surface area contributed by atoms with Gasteiger partial charge in [0.2, 0.25) is 0 Å². The van der Waals surface area contributed by atoms with Crippen LogP contribution in [0.5, 0.6) is 0 Å². The van der Waals surface area contributed by atoms with Gasteiger partial charge in [-0.2, -0.15) is 0 Å². The smallest absolute Gasteiger partial charge is 0.303 e. The second-order valence-electron chi connectivity index (χ2n) is 8.77. The number of aliphatic carboxylic acids is 3. The SMILES string of the molecule is CC(=O)O.CCC(=O)O.CCCCCCCCCCCCCCCCCCCCCC(=O)O. The van der Waals surface area contributed by atoms with Crippen molar-refractivity contribution < 1.29 is 29.7 Å². The second kappa shape index (κ2) is 32.6. The van der Waals surface area contributed by atoms with Crippen molar-refractivity contribution in [2.24, 2.45) is 0 Å². The third-order valence-corrected chi connectivity index (χ3v) is 5.30. The Hall–Kier alpha value is -1.59. The molecule has 0 aliphatic rings. The lowest BCUT2D eigenvalue weighted by molar-refractivity contribution is -0.137. The first-order valence-electron chi connectivity index (χ1n) is 13.4. The molecule has 6 heteroatoms. The number of hydrogen-bond acceptors (Lipinski definition) is 3. The first-order chi connectivity index (χ1) is 15.8. The summed E-state index contributed by atoms with van der Waals surface area (Å²) in [6.07, 6.45) is 26.3. The minimum Gasteiger partial charge on any atom is -0.481 e. The van der Waals surface area contributed by atoms with Crippen molar-refractivity contribution in [3.63, 3.8) is 0 Å². The predicted molar refractivity (Wildman–Crippen MR) is 137 cm³/mol. The molecule has 0 radical (unpaired) electrons. The summed E-state index contributed by atoms with van der Waals surface area (Å²) in [7, 11) is 0. The molecule has 0 bridgehead atoms. The van der Waals surface area contributed by atoms with E-state index in [4.69, 9.17) is 20.1 Å². The van der Waals surface area contributed by atoms with Crippen LogP contribution >= 0.6 is 0 Å². The molecule has 0 aliphatic carbocycles. The Balaban J connectivity index is -0.000000841. The zero-order chi connectivity index (χ0) is 25.6. The second-order valence-corrected chi connectivity index (χ2v) is 8.77. The molecule has 0 heterocycles. The molecule has 0 fully saturated rings. The molecule has 0 aliphatic heterocycles. The minimum atomic E-state index is -0.833. The molecule has 0 spiro atoms. The Morgan fingerprint density at radius 1 is 0.455 bits per heavy atom. The zero-order valence-electron chi connectivity index (χ0n) is 21.9. The van der Waals surface area contributed by atoms with Gasteiger partial charge < -0.3 is 15.3 Å². The number of carboxylic acids is 3. The van der Waals surface area contributed by atoms with Gasteiger partial charge >= 0.3 is 11.9 Å². The van der Waals surface area contributed by atoms with Gasteiger partial charge in [0.15, 0.2) is 0 Å². The standard InChI is InChI=1S/C22H44O2.C3H6O2.C2H4O2/c1-2-3-4-5-6-7-8-9-10-11-12-13-14-15-16-17-18-19-20-21-22(23)24;1-2-3(4)5;1-2(3)4/h2-21H2,1H3,(H,23,24);2H2,1H3,(H,4,5);1H3,(H,3,4). The molecule has 3 N–H and O–H groups in total. The Kier molecular flexibility index (Phi) is 35.5. The van der Waals surface area contributed by atoms with E-state index in [1.165, 1.54) is 109 Å². The average molecular weight is 475 g/mol. The number of carboxylic acid groups (broad SMARTS) is 3. The van der Waals surface area contributed by atoms with Crippen molar-refractivity contribution >= 4 is 17.9 Å². The summed E-state index contributed by atoms with van der Waals surface area (Å²) in [5, 5.41) is 23.7. The normalized spacial score (nSPS) is 9.91. The van der Waals surface area contributed by atoms with Crippen LogP contribution in [0.2, 0.25) is 0 Å². The lowest BCUT2D eigenvalue weighted by atomic mass is 10.0. The lowest BCUT2D eigenvalue weighted by Crippen LogP contribution is -1.93. The molecule has 0 amide bonds. The summed E-state index contributed by atoms with van der Waals surface area (Å²) in [6.45, 7) is 4.97. The number of carbonyl (C=O) groups is 3. The van der Waals surface area contributed by atoms with Crippen LogP contribution in [0.15, 0.2) is 0 Å². The predicted octanol–water partition coefficient (Wildman–Crippen LogP) is 8.46. The number of rotatable bonds is 21. The van der Waals surface area contributed by atoms with E-state index >= 15 is 0 Å². The molecule has 0 saturated heterocycles. The van der Waals surface area contributed by atoms with E-state index in [0.717, 1.165) is 19.8 Å². The molecule has 6 nitrogen and oxygen atoms in total. The summed E-state index contributed by atoms with van der Waals surface area (Å²) in [5.41, 5.74) is 0. The van der Waals surface area contributed by atoms with Gasteiger partial charge in [0.1, 0.15) is 0 Å². The first kappa shape index (κ1) is 36.0. The molecule has 0 unspecified atom stereocenters. The summed E-state index contributed by atoms with van der Waals surface area (Å²) in [6, 6.07) is 0. The van der Waals surface area contributed by atoms with Crippen molar-refractivity contribution in [3.8, 4) is 0 Å². The van der Waals surface area contributed by atoms with Gasteiger partial charge in [0.25, 0.3) is 5.97 Å². The number of unbranched alkanes of at least 4 members (excludes halogenated alkanes) is 18. The van der Waals surface area contributed by atoms with E-state index < -0.39 is 17.9 Å². The summed E-state index contributed by atoms with van der Waals surface area (Å²) in [4.78, 5) is 28.7. The highest BCUT2D eigenvalue weighted by atomic mass is 16.4. The van der Waals surface area contributed by atoms with E-state index in [2.05, 4.69) is 6.92 Å². The Bertz CT molecular complexity index is 419. The topological polar surface area (TPSA) is 112 Å². The summed E-state index contributed by atoms with van der Waals surface area (Å²) < 4.78 is 0. The fraction of sp³-hybridized carbons (Fsp3) is 0.889. The third kappa shape index (κ3) is 53.5. The van der Waals surface area contributed by atoms with Gasteiger partial charge in [-0.1, -0.05) is 129 Å². The van der Waals surface area contributed by atoms with Crippen molar-refractivity contribution in [1.29, 1.82) is 0 Å². The van der Waals surface area contributed by atoms with Gasteiger partial charge in [-0.05, 0) is 6.42 Å². The zero-order valence-corrected chi connectivity index (χ0v) is 21.9. The maximum absolute atomic E-state index is 10.4. The largest absolute Gasteiger partial charge is 0.481 e. The molecule has 0 rings (SSSR count). The highest BCUT2D eigenvalue weighted by Crippen LogP contribution is 2.14. The Morgan fingerprint density at radius 3 is 0.848 bits per heavy atom. The Labute approximate surface area is 203 Å². The van der Waals surface area contributed by atoms with Crippen molar-refractivity contribution in [3.05, 3.63) is 0 Å². The van der Waals surface area contributed by atoms with Crippen molar-refractivity contribution in [2.75, 3.05) is 0 Å². The van der Waals surface area contributed by atoms with Gasteiger partial charge in [-0.15, -0.1) is 0 Å². The first-order valence-corrected chi connectivity index (χ1v) is 13.4. The van der Waals surface area contributed by atoms with Gasteiger partial charge in [-0.3, -0.25) is 14.4 Å². The molecule has 0 aromatic rings. The van der Waals surface area contributed by atoms with E-state index in [9.17, 15) is 9.59 Å². The van der Waals surface area contributed by atoms with E-state index in [1.54, 1.807) is 6.92 Å². The van der Waals surface area contributed by atoms with Crippen LogP contribution in [0.3, 0.4) is 0 Å². The summed E-state index contributed by atoms with van der Waals surface area (Å²) in [5.74, 6) is -2.23. The van der Waals surface area contributed by atoms with Crippen molar-refractivity contribution in [2.45, 2.75) is 156 Å². The van der Waals surface area contributed by atoms with E-state index in [-0.39, 0.29) is 6.42 Å². The Morgan fingerprint density at radius 2 is 0.667 bits per heavy atom. The van der Waals surface area contributed by atoms with Gasteiger partial charge in [-0.25, -0.2) is 0 Å². The molecule has 198 valence electrons. The third-order valence-electron chi connectivity index (χ3n) is 5.30. The highest BCUT2D eigenvalue weighted by molar-refractivity contribution is 5.66. The summed E-state index contributed by atoms with van der Waals surface area (Å²) >= 11 is 0. The van der Waals surface area contributed by atoms with Crippen LogP contribution in [0.25, 0.3) is 0 Å². The quantitative estimate of drug-likeness (QED) is 0.144. The fourth-order valence-corrected chi connectivity index (χ4v) is 3.35. The van der Waals surface area contributed by atoms with E-state index in [1.807, 2.05) is 0 Å². The van der Waals surface area contributed by atoms with Gasteiger partial charge in [0, 0.05) is 19.8 Å². The fourth-order valence-electron chi connectivity index (χ4n) is 3.35. The molecule has 0 aromatic carbocycles. The molecule has 0 atom stereocenters. The van der Waals surface area contributed by atoms with Crippen molar-refractivity contribution in [1.82, 2.24) is 0 Å². The van der Waals surface area contributed by atoms with Crippen LogP contribution in [0.1, 0.15) is 156 Å². The van der Waals surface area contributed by atoms with Crippen LogP contribution in [0, 0.1) is 0 Å². The molecular formula is C27H54O6. The monoisotopic (exact) mass is 474 g/mol. The highest BCUT2D eigenvalue weighted by Gasteiger charge is 1.97. The van der Waals surface area contributed by atoms with Gasteiger partial charge in [0.05, 0.1) is 0 Å². The maximum atomic E-state index is 10.4. The van der Waals surface area contributed by atoms with Crippen LogP contribution in [-0.2, 0) is 14.4 Å². The molecule has 0 saturated carbocycles. The van der Waals surface area contributed by atoms with Crippen LogP contribution < -0.4 is 0 Å². The van der Waals surface area contributed by atoms with Crippen LogP contribution in [0.4, 0.5) is 0 Å². The minimum absolute atomic E-state index is 0.222. The lowest BCUT2D eigenvalue weighted by Gasteiger charge is -2.03. The van der Waals surface area contributed by atoms with E-state index in [0.29, 0.717) is 6.42 Å².